The summed E-state index contributed by atoms with van der Waals surface area (Å²) in [6.45, 7) is 8.20. The molecule has 1 aromatic heterocycles. The zero-order chi connectivity index (χ0) is 21.8. The first kappa shape index (κ1) is 21.4. The van der Waals surface area contributed by atoms with Gasteiger partial charge in [-0.05, 0) is 68.7 Å². The van der Waals surface area contributed by atoms with Crippen molar-refractivity contribution < 1.29 is 14.3 Å². The monoisotopic (exact) mass is 404 g/mol. The summed E-state index contributed by atoms with van der Waals surface area (Å²) in [4.78, 5) is 12.7. The standard InChI is InChI=1S/C25H28N2O3/c1-16-7-8-17(2)24(13-16)30-15-21-14-20(10-12-23(21)29-6)9-11-22(28)25-18(3)26-27(5)19(25)4/h7-14H,15H2,1-6H3/b11-9+. The van der Waals surface area contributed by atoms with Crippen LogP contribution in [0.5, 0.6) is 11.5 Å². The molecule has 0 bridgehead atoms. The van der Waals surface area contributed by atoms with E-state index in [1.165, 1.54) is 0 Å². The molecule has 5 heteroatoms. The molecule has 0 saturated heterocycles. The van der Waals surface area contributed by atoms with E-state index in [2.05, 4.69) is 17.2 Å². The molecule has 156 valence electrons. The van der Waals surface area contributed by atoms with E-state index < -0.39 is 0 Å². The van der Waals surface area contributed by atoms with Crippen LogP contribution in [0, 0.1) is 27.7 Å². The zero-order valence-electron chi connectivity index (χ0n) is 18.4. The van der Waals surface area contributed by atoms with Gasteiger partial charge in [0, 0.05) is 18.3 Å². The molecule has 5 nitrogen and oxygen atoms in total. The summed E-state index contributed by atoms with van der Waals surface area (Å²) in [5.41, 5.74) is 6.31. The maximum absolute atomic E-state index is 12.7. The molecule has 0 unspecified atom stereocenters. The summed E-state index contributed by atoms with van der Waals surface area (Å²) in [6, 6.07) is 11.9. The van der Waals surface area contributed by atoms with Crippen molar-refractivity contribution in [3.63, 3.8) is 0 Å². The zero-order valence-corrected chi connectivity index (χ0v) is 18.4. The highest BCUT2D eigenvalue weighted by atomic mass is 16.5. The van der Waals surface area contributed by atoms with Gasteiger partial charge in [0.25, 0.3) is 0 Å². The van der Waals surface area contributed by atoms with E-state index >= 15 is 0 Å². The highest BCUT2D eigenvalue weighted by Crippen LogP contribution is 2.25. The molecule has 0 amide bonds. The van der Waals surface area contributed by atoms with E-state index in [9.17, 15) is 4.79 Å². The van der Waals surface area contributed by atoms with Crippen LogP contribution in [0.25, 0.3) is 6.08 Å². The van der Waals surface area contributed by atoms with Crippen LogP contribution >= 0.6 is 0 Å². The third kappa shape index (κ3) is 4.62. The van der Waals surface area contributed by atoms with E-state index in [0.29, 0.717) is 12.2 Å². The Labute approximate surface area is 178 Å². The van der Waals surface area contributed by atoms with Crippen molar-refractivity contribution in [1.82, 2.24) is 9.78 Å². The van der Waals surface area contributed by atoms with E-state index in [4.69, 9.17) is 9.47 Å². The minimum absolute atomic E-state index is 0.0536. The fraction of sp³-hybridized carbons (Fsp3) is 0.280. The predicted molar refractivity (Wildman–Crippen MR) is 119 cm³/mol. The Kier molecular flexibility index (Phi) is 6.40. The molecule has 0 spiro atoms. The smallest absolute Gasteiger partial charge is 0.189 e. The van der Waals surface area contributed by atoms with E-state index in [-0.39, 0.29) is 5.78 Å². The number of ether oxygens (including phenoxy) is 2. The van der Waals surface area contributed by atoms with Crippen molar-refractivity contribution in [2.75, 3.05) is 7.11 Å². The molecule has 0 fully saturated rings. The molecule has 1 heterocycles. The normalized spacial score (nSPS) is 11.1. The molecule has 0 aliphatic carbocycles. The second-order valence-corrected chi connectivity index (χ2v) is 7.50. The predicted octanol–water partition coefficient (Wildman–Crippen LogP) is 5.14. The Balaban J connectivity index is 1.80. The summed E-state index contributed by atoms with van der Waals surface area (Å²) in [6.07, 6.45) is 3.41. The molecule has 0 N–H and O–H groups in total. The van der Waals surface area contributed by atoms with E-state index in [0.717, 1.165) is 45.1 Å². The fourth-order valence-corrected chi connectivity index (χ4v) is 3.42. The molecule has 3 rings (SSSR count). The van der Waals surface area contributed by atoms with Crippen LogP contribution in [0.1, 0.15) is 44.0 Å². The lowest BCUT2D eigenvalue weighted by atomic mass is 10.1. The third-order valence-corrected chi connectivity index (χ3v) is 5.21. The number of aromatic nitrogens is 2. The quantitative estimate of drug-likeness (QED) is 0.404. The van der Waals surface area contributed by atoms with Gasteiger partial charge >= 0.3 is 0 Å². The minimum atomic E-state index is -0.0536. The van der Waals surface area contributed by atoms with Crippen molar-refractivity contribution in [2.45, 2.75) is 34.3 Å². The average molecular weight is 405 g/mol. The summed E-state index contributed by atoms with van der Waals surface area (Å²) in [5.74, 6) is 1.56. The lowest BCUT2D eigenvalue weighted by Crippen LogP contribution is -2.01. The number of benzene rings is 2. The number of allylic oxidation sites excluding steroid dienone is 1. The number of aryl methyl sites for hydroxylation is 4. The number of carbonyl (C=O) groups excluding carboxylic acids is 1. The molecule has 2 aromatic carbocycles. The van der Waals surface area contributed by atoms with Gasteiger partial charge in [-0.3, -0.25) is 9.48 Å². The maximum Gasteiger partial charge on any atom is 0.189 e. The average Bonchev–Trinajstić information content (AvgIpc) is 2.98. The summed E-state index contributed by atoms with van der Waals surface area (Å²) in [7, 11) is 3.48. The first-order valence-corrected chi connectivity index (χ1v) is 9.89. The fourth-order valence-electron chi connectivity index (χ4n) is 3.42. The van der Waals surface area contributed by atoms with Crippen molar-refractivity contribution in [3.8, 4) is 11.5 Å². The van der Waals surface area contributed by atoms with Crippen LogP contribution in [-0.2, 0) is 13.7 Å². The van der Waals surface area contributed by atoms with Crippen LogP contribution in [-0.4, -0.2) is 22.7 Å². The third-order valence-electron chi connectivity index (χ3n) is 5.21. The van der Waals surface area contributed by atoms with Crippen LogP contribution in [0.2, 0.25) is 0 Å². The number of hydrogen-bond acceptors (Lipinski definition) is 4. The first-order valence-electron chi connectivity index (χ1n) is 9.89. The van der Waals surface area contributed by atoms with Gasteiger partial charge < -0.3 is 9.47 Å². The first-order chi connectivity index (χ1) is 14.3. The lowest BCUT2D eigenvalue weighted by molar-refractivity contribution is 0.104. The van der Waals surface area contributed by atoms with Gasteiger partial charge in [0.05, 0.1) is 18.4 Å². The number of nitrogens with zero attached hydrogens (tertiary/aromatic N) is 2. The highest BCUT2D eigenvalue weighted by molar-refractivity contribution is 6.08. The number of ketones is 1. The van der Waals surface area contributed by atoms with Crippen LogP contribution in [0.3, 0.4) is 0 Å². The number of carbonyl (C=O) groups is 1. The van der Waals surface area contributed by atoms with Gasteiger partial charge in [0.1, 0.15) is 18.1 Å². The number of rotatable bonds is 7. The molecule has 0 saturated carbocycles. The van der Waals surface area contributed by atoms with E-state index in [1.54, 1.807) is 17.9 Å². The Morgan fingerprint density at radius 3 is 2.50 bits per heavy atom. The highest BCUT2D eigenvalue weighted by Gasteiger charge is 2.15. The van der Waals surface area contributed by atoms with Crippen LogP contribution < -0.4 is 9.47 Å². The second-order valence-electron chi connectivity index (χ2n) is 7.50. The lowest BCUT2D eigenvalue weighted by Gasteiger charge is -2.13. The van der Waals surface area contributed by atoms with Gasteiger partial charge in [0.2, 0.25) is 0 Å². The molecule has 0 aliphatic heterocycles. The summed E-state index contributed by atoms with van der Waals surface area (Å²) < 4.78 is 13.3. The Morgan fingerprint density at radius 2 is 1.83 bits per heavy atom. The van der Waals surface area contributed by atoms with Gasteiger partial charge in [-0.2, -0.15) is 5.10 Å². The van der Waals surface area contributed by atoms with Crippen LogP contribution in [0.4, 0.5) is 0 Å². The molecule has 30 heavy (non-hydrogen) atoms. The second kappa shape index (κ2) is 8.99. The Hall–Kier alpha value is -3.34. The molecular formula is C25H28N2O3. The van der Waals surface area contributed by atoms with Gasteiger partial charge in [0.15, 0.2) is 5.78 Å². The Morgan fingerprint density at radius 1 is 1.07 bits per heavy atom. The van der Waals surface area contributed by atoms with Gasteiger partial charge in [-0.15, -0.1) is 0 Å². The number of methoxy groups -OCH3 is 1. The summed E-state index contributed by atoms with van der Waals surface area (Å²) >= 11 is 0. The SMILES string of the molecule is COc1ccc(/C=C/C(=O)c2c(C)nn(C)c2C)cc1COc1cc(C)ccc1C. The van der Waals surface area contributed by atoms with Crippen LogP contribution in [0.15, 0.2) is 42.5 Å². The van der Waals surface area contributed by atoms with E-state index in [1.807, 2.05) is 65.1 Å². The molecule has 0 radical (unpaired) electrons. The molecule has 0 aliphatic rings. The molecule has 0 atom stereocenters. The van der Waals surface area contributed by atoms with Crippen molar-refractivity contribution in [1.29, 1.82) is 0 Å². The topological polar surface area (TPSA) is 53.3 Å². The van der Waals surface area contributed by atoms with Crippen molar-refractivity contribution in [3.05, 3.63) is 81.7 Å². The number of hydrogen-bond donors (Lipinski definition) is 0. The minimum Gasteiger partial charge on any atom is -0.496 e. The van der Waals surface area contributed by atoms with Crippen molar-refractivity contribution in [2.24, 2.45) is 7.05 Å². The van der Waals surface area contributed by atoms with Gasteiger partial charge in [-0.25, -0.2) is 0 Å². The molecule has 3 aromatic rings. The van der Waals surface area contributed by atoms with Crippen molar-refractivity contribution >= 4 is 11.9 Å². The summed E-state index contributed by atoms with van der Waals surface area (Å²) in [5, 5.41) is 4.32. The molecular weight excluding hydrogens is 376 g/mol. The maximum atomic E-state index is 12.7. The largest absolute Gasteiger partial charge is 0.496 e. The van der Waals surface area contributed by atoms with Gasteiger partial charge in [-0.1, -0.05) is 24.3 Å². The Bertz CT molecular complexity index is 1110.